The highest BCUT2D eigenvalue weighted by molar-refractivity contribution is 5.72. The topological polar surface area (TPSA) is 75.7 Å². The van der Waals surface area contributed by atoms with Crippen LogP contribution < -0.4 is 15.4 Å². The molecule has 0 aliphatic carbocycles. The molecule has 0 radical (unpaired) electrons. The molecule has 1 aromatic heterocycles. The number of ether oxygens (including phenoxy) is 1. The standard InChI is InChI=1S/C15H21N3O2.C9H13NO/c1-15(2,3)13-9-14(18(4)20-13)17-12-7-5-11(6-8-12)16-10-19;1-6-5-7(2)10-9(11-4)8(6)3/h5-10,14,17H,1-4H3,(H,16,19);5H,1-4H3. The highest BCUT2D eigenvalue weighted by Gasteiger charge is 2.30. The van der Waals surface area contributed by atoms with Crippen molar-refractivity contribution in [2.24, 2.45) is 5.41 Å². The summed E-state index contributed by atoms with van der Waals surface area (Å²) >= 11 is 0. The van der Waals surface area contributed by atoms with Crippen LogP contribution in [0.2, 0.25) is 0 Å². The molecule has 2 N–H and O–H groups in total. The summed E-state index contributed by atoms with van der Waals surface area (Å²) in [5, 5.41) is 7.77. The van der Waals surface area contributed by atoms with Crippen LogP contribution in [0, 0.1) is 26.2 Å². The summed E-state index contributed by atoms with van der Waals surface area (Å²) in [6, 6.07) is 9.59. The second-order valence-electron chi connectivity index (χ2n) is 8.56. The number of benzene rings is 1. The Balaban J connectivity index is 0.000000262. The van der Waals surface area contributed by atoms with E-state index in [2.05, 4.69) is 55.5 Å². The molecule has 1 atom stereocenters. The van der Waals surface area contributed by atoms with E-state index in [4.69, 9.17) is 9.57 Å². The van der Waals surface area contributed by atoms with Gasteiger partial charge in [0.25, 0.3) is 0 Å². The van der Waals surface area contributed by atoms with Crippen LogP contribution in [0.25, 0.3) is 0 Å². The van der Waals surface area contributed by atoms with Crippen LogP contribution in [0.15, 0.2) is 42.2 Å². The molecule has 7 heteroatoms. The van der Waals surface area contributed by atoms with Crippen molar-refractivity contribution in [3.63, 3.8) is 0 Å². The number of methoxy groups -OCH3 is 1. The number of carbonyl (C=O) groups excluding carboxylic acids is 1. The van der Waals surface area contributed by atoms with Crippen molar-refractivity contribution >= 4 is 17.8 Å². The number of hydrogen-bond acceptors (Lipinski definition) is 6. The van der Waals surface area contributed by atoms with E-state index in [1.165, 1.54) is 5.56 Å². The van der Waals surface area contributed by atoms with E-state index < -0.39 is 0 Å². The summed E-state index contributed by atoms with van der Waals surface area (Å²) < 4.78 is 5.10. The second kappa shape index (κ2) is 10.3. The Bertz CT molecular complexity index is 918. The number of nitrogens with one attached hydrogen (secondary N) is 2. The Morgan fingerprint density at radius 1 is 1.13 bits per heavy atom. The SMILES string of the molecule is CN1OC(C(C)(C)C)=CC1Nc1ccc(NC=O)cc1.COc1nc(C)cc(C)c1C. The van der Waals surface area contributed by atoms with Gasteiger partial charge in [0.2, 0.25) is 12.3 Å². The van der Waals surface area contributed by atoms with Crippen molar-refractivity contribution in [2.45, 2.75) is 47.7 Å². The first-order valence-electron chi connectivity index (χ1n) is 10.2. The molecule has 1 aromatic carbocycles. The Hall–Kier alpha value is -3.06. The normalized spacial score (nSPS) is 15.9. The number of pyridine rings is 1. The average molecular weight is 427 g/mol. The third kappa shape index (κ3) is 6.72. The van der Waals surface area contributed by atoms with Gasteiger partial charge in [-0.1, -0.05) is 20.8 Å². The molecule has 2 heterocycles. The van der Waals surface area contributed by atoms with Crippen molar-refractivity contribution in [3.05, 3.63) is 59.0 Å². The zero-order valence-corrected chi connectivity index (χ0v) is 19.7. The van der Waals surface area contributed by atoms with Crippen LogP contribution in [0.5, 0.6) is 5.88 Å². The zero-order chi connectivity index (χ0) is 23.2. The zero-order valence-electron chi connectivity index (χ0n) is 19.7. The molecule has 1 aliphatic rings. The number of anilines is 2. The van der Waals surface area contributed by atoms with E-state index >= 15 is 0 Å². The molecule has 1 amide bonds. The van der Waals surface area contributed by atoms with E-state index in [1.54, 1.807) is 12.2 Å². The lowest BCUT2D eigenvalue weighted by Crippen LogP contribution is -2.31. The van der Waals surface area contributed by atoms with E-state index in [9.17, 15) is 4.79 Å². The number of nitrogens with zero attached hydrogens (tertiary/aromatic N) is 2. The Morgan fingerprint density at radius 3 is 2.26 bits per heavy atom. The molecule has 168 valence electrons. The minimum Gasteiger partial charge on any atom is -0.481 e. The van der Waals surface area contributed by atoms with Gasteiger partial charge in [-0.2, -0.15) is 0 Å². The Labute approximate surface area is 185 Å². The average Bonchev–Trinajstić information content (AvgIpc) is 3.08. The molecule has 2 aromatic rings. The van der Waals surface area contributed by atoms with Crippen LogP contribution in [0.4, 0.5) is 11.4 Å². The monoisotopic (exact) mass is 426 g/mol. The van der Waals surface area contributed by atoms with Crippen molar-refractivity contribution in [2.75, 3.05) is 24.8 Å². The second-order valence-corrected chi connectivity index (χ2v) is 8.56. The van der Waals surface area contributed by atoms with Gasteiger partial charge >= 0.3 is 0 Å². The fourth-order valence-corrected chi connectivity index (χ4v) is 2.98. The van der Waals surface area contributed by atoms with Gasteiger partial charge in [-0.15, -0.1) is 5.06 Å². The highest BCUT2D eigenvalue weighted by Crippen LogP contribution is 2.32. The van der Waals surface area contributed by atoms with Crippen LogP contribution in [0.1, 0.15) is 37.6 Å². The number of hydroxylamine groups is 2. The van der Waals surface area contributed by atoms with E-state index in [-0.39, 0.29) is 11.6 Å². The molecule has 0 spiro atoms. The van der Waals surface area contributed by atoms with Gasteiger partial charge in [0, 0.05) is 35.1 Å². The minimum absolute atomic E-state index is 0.00546. The summed E-state index contributed by atoms with van der Waals surface area (Å²) in [4.78, 5) is 20.3. The number of likely N-dealkylation sites (N-methyl/N-ethyl adjacent to an activating group) is 1. The molecule has 31 heavy (non-hydrogen) atoms. The summed E-state index contributed by atoms with van der Waals surface area (Å²) in [6.07, 6.45) is 2.74. The minimum atomic E-state index is -0.0115. The maximum absolute atomic E-state index is 10.4. The predicted molar refractivity (Wildman–Crippen MR) is 125 cm³/mol. The molecule has 0 fully saturated rings. The molecule has 1 unspecified atom stereocenters. The summed E-state index contributed by atoms with van der Waals surface area (Å²) in [5.74, 6) is 1.69. The number of carbonyl (C=O) groups is 1. The van der Waals surface area contributed by atoms with E-state index in [1.807, 2.05) is 45.2 Å². The number of allylic oxidation sites excluding steroid dienone is 1. The molecule has 0 saturated carbocycles. The van der Waals surface area contributed by atoms with Gasteiger partial charge in [-0.3, -0.25) is 4.79 Å². The quantitative estimate of drug-likeness (QED) is 0.668. The number of aryl methyl sites for hydroxylation is 2. The van der Waals surface area contributed by atoms with Crippen LogP contribution in [0.3, 0.4) is 0 Å². The highest BCUT2D eigenvalue weighted by atomic mass is 16.7. The third-order valence-electron chi connectivity index (χ3n) is 4.92. The maximum atomic E-state index is 10.4. The molecule has 0 saturated heterocycles. The van der Waals surface area contributed by atoms with Gasteiger partial charge < -0.3 is 20.2 Å². The fourth-order valence-electron chi connectivity index (χ4n) is 2.98. The van der Waals surface area contributed by atoms with Crippen molar-refractivity contribution in [1.82, 2.24) is 10.0 Å². The van der Waals surface area contributed by atoms with Crippen molar-refractivity contribution < 1.29 is 14.4 Å². The molecule has 1 aliphatic heterocycles. The van der Waals surface area contributed by atoms with Crippen LogP contribution in [-0.4, -0.2) is 36.8 Å². The first-order valence-corrected chi connectivity index (χ1v) is 10.2. The summed E-state index contributed by atoms with van der Waals surface area (Å²) in [7, 11) is 3.55. The smallest absolute Gasteiger partial charge is 0.216 e. The first kappa shape index (κ1) is 24.2. The Morgan fingerprint density at radius 2 is 1.74 bits per heavy atom. The van der Waals surface area contributed by atoms with Gasteiger partial charge in [0.15, 0.2) is 0 Å². The Kier molecular flexibility index (Phi) is 8.05. The molecular weight excluding hydrogens is 392 g/mol. The largest absolute Gasteiger partial charge is 0.481 e. The van der Waals surface area contributed by atoms with E-state index in [0.717, 1.165) is 34.3 Å². The van der Waals surface area contributed by atoms with Crippen LogP contribution >= 0.6 is 0 Å². The summed E-state index contributed by atoms with van der Waals surface area (Å²) in [5.41, 5.74) is 5.08. The van der Waals surface area contributed by atoms with Crippen molar-refractivity contribution in [1.29, 1.82) is 0 Å². The van der Waals surface area contributed by atoms with Gasteiger partial charge in [0.1, 0.15) is 11.9 Å². The van der Waals surface area contributed by atoms with E-state index in [0.29, 0.717) is 6.41 Å². The summed E-state index contributed by atoms with van der Waals surface area (Å²) in [6.45, 7) is 12.4. The molecule has 3 rings (SSSR count). The van der Waals surface area contributed by atoms with Gasteiger partial charge in [0.05, 0.1) is 7.11 Å². The number of aromatic nitrogens is 1. The lowest BCUT2D eigenvalue weighted by molar-refractivity contribution is -0.105. The number of hydrogen-bond donors (Lipinski definition) is 2. The number of amides is 1. The third-order valence-corrected chi connectivity index (χ3v) is 4.92. The molecular formula is C24H34N4O3. The number of rotatable bonds is 5. The maximum Gasteiger partial charge on any atom is 0.216 e. The first-order chi connectivity index (χ1) is 14.5. The fraction of sp³-hybridized carbons (Fsp3) is 0.417. The van der Waals surface area contributed by atoms with Gasteiger partial charge in [-0.05, 0) is 62.7 Å². The lowest BCUT2D eigenvalue weighted by Gasteiger charge is -2.23. The molecule has 0 bridgehead atoms. The lowest BCUT2D eigenvalue weighted by atomic mass is 9.93. The van der Waals surface area contributed by atoms with Crippen LogP contribution in [-0.2, 0) is 9.63 Å². The predicted octanol–water partition coefficient (Wildman–Crippen LogP) is 4.82. The van der Waals surface area contributed by atoms with Gasteiger partial charge in [-0.25, -0.2) is 4.98 Å². The van der Waals surface area contributed by atoms with Crippen molar-refractivity contribution in [3.8, 4) is 5.88 Å². The molecule has 7 nitrogen and oxygen atoms in total.